The molecule has 0 radical (unpaired) electrons. The van der Waals surface area contributed by atoms with Crippen molar-refractivity contribution in [2.45, 2.75) is 91.6 Å². The van der Waals surface area contributed by atoms with Gasteiger partial charge >= 0.3 is 5.56 Å². The number of nitrogens with one attached hydrogen (secondary N) is 4. The summed E-state index contributed by atoms with van der Waals surface area (Å²) in [5.74, 6) is 1.37. The van der Waals surface area contributed by atoms with Gasteiger partial charge in [-0.2, -0.15) is 37.4 Å². The molecule has 15 aromatic rings. The Morgan fingerprint density at radius 2 is 0.990 bits per heavy atom. The van der Waals surface area contributed by atoms with Crippen LogP contribution in [0.1, 0.15) is 83.5 Å². The van der Waals surface area contributed by atoms with E-state index in [1.807, 2.05) is 140 Å². The average molecular weight is 1470 g/mol. The van der Waals surface area contributed by atoms with Crippen LogP contribution in [0.25, 0.3) is 57.3 Å². The quantitative estimate of drug-likeness (QED) is 0.0621. The van der Waals surface area contributed by atoms with Gasteiger partial charge in [-0.25, -0.2) is 33.7 Å². The number of alkyl halides is 2. The number of benzene rings is 6. The fourth-order valence-electron chi connectivity index (χ4n) is 10.9. The summed E-state index contributed by atoms with van der Waals surface area (Å²) in [5, 5.41) is 12.9. The molecule has 24 nitrogen and oxygen atoms in total. The second kappa shape index (κ2) is 31.2. The molecule has 6 aromatic carbocycles. The zero-order chi connectivity index (χ0) is 71.6. The summed E-state index contributed by atoms with van der Waals surface area (Å²) in [7, 11) is 0. The summed E-state index contributed by atoms with van der Waals surface area (Å²) in [5.41, 5.74) is 7.46. The molecule has 0 amide bonds. The molecule has 29 heteroatoms. The number of halogens is 4. The Kier molecular flexibility index (Phi) is 21.0. The van der Waals surface area contributed by atoms with Gasteiger partial charge < -0.3 is 18.9 Å². The Morgan fingerprint density at radius 1 is 0.505 bits per heavy atom. The van der Waals surface area contributed by atoms with Gasteiger partial charge in [-0.3, -0.25) is 39.6 Å². The van der Waals surface area contributed by atoms with E-state index in [4.69, 9.17) is 18.9 Å². The minimum absolute atomic E-state index is 0.0231. The van der Waals surface area contributed by atoms with Crippen LogP contribution in [0.5, 0.6) is 23.0 Å². The maximum Gasteiger partial charge on any atom is 0.310 e. The van der Waals surface area contributed by atoms with Gasteiger partial charge in [-0.15, -0.1) is 11.3 Å². The Balaban J connectivity index is 0.000000123. The van der Waals surface area contributed by atoms with E-state index in [2.05, 4.69) is 96.1 Å². The third-order valence-electron chi connectivity index (χ3n) is 16.4. The minimum Gasteiger partial charge on any atom is -0.487 e. The van der Waals surface area contributed by atoms with Crippen LogP contribution in [-0.2, 0) is 58.0 Å². The van der Waals surface area contributed by atoms with Crippen LogP contribution in [-0.4, -0.2) is 78.3 Å². The van der Waals surface area contributed by atoms with E-state index in [0.29, 0.717) is 62.1 Å². The molecular formula is C74H64BrF3N16O8S. The predicted molar refractivity (Wildman–Crippen MR) is 384 cm³/mol. The van der Waals surface area contributed by atoms with Gasteiger partial charge in [0.25, 0.3) is 45.7 Å². The lowest BCUT2D eigenvalue weighted by Gasteiger charge is -2.19. The number of hydrogen-bond donors (Lipinski definition) is 4. The topological polar surface area (TPSA) is 289 Å². The Bertz CT molecular complexity index is 5700. The first-order valence-electron chi connectivity index (χ1n) is 32.7. The lowest BCUT2D eigenvalue weighted by Crippen LogP contribution is -2.22. The van der Waals surface area contributed by atoms with Gasteiger partial charge in [0.15, 0.2) is 17.5 Å². The van der Waals surface area contributed by atoms with Gasteiger partial charge in [0.05, 0.1) is 16.3 Å². The normalized spacial score (nSPS) is 11.9. The molecule has 0 aliphatic heterocycles. The lowest BCUT2D eigenvalue weighted by molar-refractivity contribution is 0.0213. The first kappa shape index (κ1) is 69.4. The second-order valence-corrected chi connectivity index (χ2v) is 25.3. The van der Waals surface area contributed by atoms with Gasteiger partial charge in [-0.1, -0.05) is 141 Å². The van der Waals surface area contributed by atoms with E-state index >= 15 is 0 Å². The van der Waals surface area contributed by atoms with Crippen molar-refractivity contribution < 1.29 is 32.1 Å². The van der Waals surface area contributed by atoms with Gasteiger partial charge in [-0.05, 0) is 107 Å². The molecule has 0 atom stereocenters. The molecule has 0 spiro atoms. The standard InChI is InChI=1S/C22H20N4O2.C20H17BrN4O2.C18H14F2N4O2S.C14H13FN4O2/c27-20-13-17(14-28-19-12-6-10-15-7-4-5-11-18(15)19)23-22-24-21(25-26(20)22)16-8-2-1-3-9-16;1-2-13-8-10-15(11-9-13)27-12-16-17(21)19(26)25-20(22-16)23-18(24-25)14-6-4-3-5-7-14;1-18(19,20)14-8-13(10-27-14)26-9-12-7-15(25)24-17(21-12)22-16(23-24)11-5-3-2-4-6-11;1-2-9-3-5-10(6-4-9)21-7-11-12(15)13(20)19-14(18-11)16-8-17-19/h1-3,6,8-10,12-13H,4-5,7,11,14H2,(H,23,24,25);3-11H,2,12H2,1H3,(H,22,23,24);2-8,10H,9H2,1H3,(H,21,22,23);3-6,8H,2,7H2,1H3,(H,16,17,18). The van der Waals surface area contributed by atoms with Crippen LogP contribution in [0, 0.1) is 5.82 Å². The van der Waals surface area contributed by atoms with E-state index in [9.17, 15) is 32.3 Å². The average Bonchev–Trinajstić information content (AvgIpc) is 1.69. The SMILES string of the molecule is CC(F)(F)c1cc(OCc2cc(=O)n3[nH]c(-c4ccccc4)nc3n2)cs1.CCc1ccc(OCc2nc3nc(-c4ccccc4)[nH]n3c(=O)c2Br)cc1.CCc1ccc(OCc2nc3nc[nH]n3c(=O)c2F)cc1.O=c1cc(COc2cccc3c2CCCC3)nc2nc(-c3ccccc3)[nH]n12. The summed E-state index contributed by atoms with van der Waals surface area (Å²) in [6.45, 7) is 5.26. The Hall–Kier alpha value is -12.1. The van der Waals surface area contributed by atoms with Crippen molar-refractivity contribution in [2.24, 2.45) is 0 Å². The molecule has 0 fully saturated rings. The second-order valence-electron chi connectivity index (χ2n) is 23.6. The largest absolute Gasteiger partial charge is 0.487 e. The van der Waals surface area contributed by atoms with Crippen LogP contribution in [0.2, 0.25) is 0 Å². The summed E-state index contributed by atoms with van der Waals surface area (Å²) in [6.07, 6.45) is 7.75. The van der Waals surface area contributed by atoms with Crippen LogP contribution in [0.3, 0.4) is 0 Å². The summed E-state index contributed by atoms with van der Waals surface area (Å²) in [4.78, 5) is 83.4. The molecular weight excluding hydrogens is 1410 g/mol. The molecule has 4 N–H and O–H groups in total. The number of nitrogens with zero attached hydrogens (tertiary/aromatic N) is 12. The fourth-order valence-corrected chi connectivity index (χ4v) is 12.1. The van der Waals surface area contributed by atoms with Crippen molar-refractivity contribution in [3.05, 3.63) is 289 Å². The highest BCUT2D eigenvalue weighted by atomic mass is 79.9. The van der Waals surface area contributed by atoms with Crippen molar-refractivity contribution in [2.75, 3.05) is 0 Å². The number of fused-ring (bicyclic) bond motifs is 5. The number of H-pyrrole nitrogens is 4. The van der Waals surface area contributed by atoms with E-state index in [-0.39, 0.29) is 65.2 Å². The van der Waals surface area contributed by atoms with Crippen LogP contribution in [0.4, 0.5) is 13.2 Å². The maximum absolute atomic E-state index is 13.9. The number of rotatable bonds is 18. The van der Waals surface area contributed by atoms with Crippen LogP contribution in [0.15, 0.2) is 211 Å². The van der Waals surface area contributed by atoms with E-state index in [1.165, 1.54) is 78.5 Å². The third-order valence-corrected chi connectivity index (χ3v) is 18.3. The number of aryl methyl sites for hydroxylation is 3. The molecule has 1 aliphatic carbocycles. The summed E-state index contributed by atoms with van der Waals surface area (Å²) >= 11 is 4.26. The smallest absolute Gasteiger partial charge is 0.310 e. The first-order chi connectivity index (χ1) is 50.0. The number of thiophene rings is 1. The number of aromatic nitrogens is 16. The lowest BCUT2D eigenvalue weighted by atomic mass is 9.91. The highest BCUT2D eigenvalue weighted by Gasteiger charge is 2.27. The van der Waals surface area contributed by atoms with Crippen molar-refractivity contribution in [3.63, 3.8) is 0 Å². The molecule has 103 heavy (non-hydrogen) atoms. The molecule has 522 valence electrons. The first-order valence-corrected chi connectivity index (χ1v) is 34.4. The number of hydrogen-bond acceptors (Lipinski definition) is 17. The Labute approximate surface area is 595 Å². The Morgan fingerprint density at radius 3 is 1.51 bits per heavy atom. The van der Waals surface area contributed by atoms with E-state index in [0.717, 1.165) is 76.6 Å². The molecule has 9 aromatic heterocycles. The summed E-state index contributed by atoms with van der Waals surface area (Å²) < 4.78 is 68.5. The van der Waals surface area contributed by atoms with Crippen molar-refractivity contribution in [1.82, 2.24) is 78.3 Å². The molecule has 0 saturated heterocycles. The van der Waals surface area contributed by atoms with Crippen molar-refractivity contribution in [1.29, 1.82) is 0 Å². The molecule has 0 saturated carbocycles. The van der Waals surface area contributed by atoms with Gasteiger partial charge in [0, 0.05) is 47.2 Å². The maximum atomic E-state index is 13.9. The van der Waals surface area contributed by atoms with Crippen molar-refractivity contribution in [3.8, 4) is 57.2 Å². The molecule has 0 unspecified atom stereocenters. The molecule has 1 aliphatic rings. The highest BCUT2D eigenvalue weighted by Crippen LogP contribution is 2.35. The zero-order valence-electron chi connectivity index (χ0n) is 55.5. The van der Waals surface area contributed by atoms with Gasteiger partial charge in [0.1, 0.15) is 71.6 Å². The van der Waals surface area contributed by atoms with E-state index < -0.39 is 17.3 Å². The number of aromatic amines is 4. The fraction of sp³-hybridized carbons (Fsp3) is 0.189. The van der Waals surface area contributed by atoms with Crippen molar-refractivity contribution >= 4 is 50.4 Å². The predicted octanol–water partition coefficient (Wildman–Crippen LogP) is 13.1. The highest BCUT2D eigenvalue weighted by molar-refractivity contribution is 9.10. The third kappa shape index (κ3) is 16.4. The zero-order valence-corrected chi connectivity index (χ0v) is 57.9. The minimum atomic E-state index is -2.91. The molecule has 0 bridgehead atoms. The van der Waals surface area contributed by atoms with Crippen LogP contribution < -0.4 is 41.2 Å². The molecule has 9 heterocycles. The summed E-state index contributed by atoms with van der Waals surface area (Å²) in [6, 6.07) is 54.3. The van der Waals surface area contributed by atoms with E-state index in [1.54, 1.807) is 12.1 Å². The van der Waals surface area contributed by atoms with Gasteiger partial charge in [0.2, 0.25) is 5.82 Å². The van der Waals surface area contributed by atoms with Crippen LogP contribution >= 0.6 is 27.3 Å². The number of ether oxygens (including phenoxy) is 4. The monoisotopic (exact) mass is 1470 g/mol. The molecule has 16 rings (SSSR count).